The number of ether oxygens (including phenoxy) is 1. The van der Waals surface area contributed by atoms with Gasteiger partial charge in [0.05, 0.1) is 0 Å². The first-order valence-electron chi connectivity index (χ1n) is 8.56. The molecule has 0 saturated carbocycles. The highest BCUT2D eigenvalue weighted by Gasteiger charge is 2.22. The maximum absolute atomic E-state index is 10.8. The van der Waals surface area contributed by atoms with Crippen LogP contribution in [0.5, 0.6) is 5.75 Å². The van der Waals surface area contributed by atoms with E-state index in [2.05, 4.69) is 21.3 Å². The third kappa shape index (κ3) is 5.46. The van der Waals surface area contributed by atoms with E-state index in [9.17, 15) is 4.79 Å². The first-order valence-corrected chi connectivity index (χ1v) is 8.56. The molecule has 0 spiro atoms. The summed E-state index contributed by atoms with van der Waals surface area (Å²) in [6, 6.07) is 13.7. The number of likely N-dealkylation sites (tertiary alicyclic amines) is 1. The molecule has 6 nitrogen and oxygen atoms in total. The molecule has 1 aromatic heterocycles. The van der Waals surface area contributed by atoms with Gasteiger partial charge in [-0.05, 0) is 48.7 Å². The number of carbonyl (C=O) groups is 1. The van der Waals surface area contributed by atoms with E-state index in [1.54, 1.807) is 6.20 Å². The van der Waals surface area contributed by atoms with E-state index < -0.39 is 5.91 Å². The molecule has 3 rings (SSSR count). The van der Waals surface area contributed by atoms with E-state index in [4.69, 9.17) is 10.5 Å². The van der Waals surface area contributed by atoms with E-state index >= 15 is 0 Å². The van der Waals surface area contributed by atoms with Crippen molar-refractivity contribution in [3.05, 3.63) is 54.2 Å². The number of nitrogens with zero attached hydrogens (tertiary/aromatic N) is 2. The SMILES string of the molecule is NC(=O)COc1cccc(CN2CCC(CNc3ccccn3)C2)c1. The van der Waals surface area contributed by atoms with Gasteiger partial charge in [-0.2, -0.15) is 0 Å². The molecule has 132 valence electrons. The van der Waals surface area contributed by atoms with Crippen molar-refractivity contribution in [2.45, 2.75) is 13.0 Å². The summed E-state index contributed by atoms with van der Waals surface area (Å²) in [7, 11) is 0. The first kappa shape index (κ1) is 17.2. The van der Waals surface area contributed by atoms with E-state index in [-0.39, 0.29) is 6.61 Å². The number of rotatable bonds is 8. The Balaban J connectivity index is 1.46. The number of primary amides is 1. The van der Waals surface area contributed by atoms with E-state index in [1.807, 2.05) is 36.4 Å². The highest BCUT2D eigenvalue weighted by atomic mass is 16.5. The largest absolute Gasteiger partial charge is 0.484 e. The maximum Gasteiger partial charge on any atom is 0.255 e. The van der Waals surface area contributed by atoms with Crippen molar-refractivity contribution in [1.29, 1.82) is 0 Å². The van der Waals surface area contributed by atoms with Crippen molar-refractivity contribution in [3.8, 4) is 5.75 Å². The number of carbonyl (C=O) groups excluding carboxylic acids is 1. The monoisotopic (exact) mass is 340 g/mol. The van der Waals surface area contributed by atoms with Crippen LogP contribution in [0.15, 0.2) is 48.7 Å². The third-order valence-corrected chi connectivity index (χ3v) is 4.29. The minimum atomic E-state index is -0.465. The van der Waals surface area contributed by atoms with Crippen molar-refractivity contribution >= 4 is 11.7 Å². The zero-order valence-electron chi connectivity index (χ0n) is 14.2. The summed E-state index contributed by atoms with van der Waals surface area (Å²) in [6.07, 6.45) is 2.98. The highest BCUT2D eigenvalue weighted by molar-refractivity contribution is 5.75. The summed E-state index contributed by atoms with van der Waals surface area (Å²) in [4.78, 5) is 17.6. The lowest BCUT2D eigenvalue weighted by molar-refractivity contribution is -0.119. The number of pyridine rings is 1. The second-order valence-electron chi connectivity index (χ2n) is 6.39. The van der Waals surface area contributed by atoms with Gasteiger partial charge in [0.2, 0.25) is 0 Å². The van der Waals surface area contributed by atoms with Crippen LogP contribution >= 0.6 is 0 Å². The zero-order chi connectivity index (χ0) is 17.5. The lowest BCUT2D eigenvalue weighted by Gasteiger charge is -2.17. The Labute approximate surface area is 148 Å². The molecule has 2 aromatic rings. The number of benzene rings is 1. The number of anilines is 1. The van der Waals surface area contributed by atoms with Gasteiger partial charge in [0.15, 0.2) is 6.61 Å². The van der Waals surface area contributed by atoms with Gasteiger partial charge in [0.25, 0.3) is 5.91 Å². The van der Waals surface area contributed by atoms with Gasteiger partial charge >= 0.3 is 0 Å². The fraction of sp³-hybridized carbons (Fsp3) is 0.368. The molecule has 0 aliphatic carbocycles. The smallest absolute Gasteiger partial charge is 0.255 e. The standard InChI is InChI=1S/C19H24N4O2/c20-18(24)14-25-17-5-3-4-15(10-17)12-23-9-7-16(13-23)11-22-19-6-1-2-8-21-19/h1-6,8,10,16H,7,9,11-14H2,(H2,20,24)(H,21,22). The minimum absolute atomic E-state index is 0.0889. The third-order valence-electron chi connectivity index (χ3n) is 4.29. The Morgan fingerprint density at radius 1 is 1.32 bits per heavy atom. The quantitative estimate of drug-likeness (QED) is 0.767. The minimum Gasteiger partial charge on any atom is -0.484 e. The molecule has 1 aliphatic rings. The number of nitrogens with two attached hydrogens (primary N) is 1. The van der Waals surface area contributed by atoms with Gasteiger partial charge in [-0.25, -0.2) is 4.98 Å². The van der Waals surface area contributed by atoms with E-state index in [0.29, 0.717) is 11.7 Å². The number of amides is 1. The van der Waals surface area contributed by atoms with Crippen molar-refractivity contribution in [2.75, 3.05) is 31.6 Å². The molecule has 1 aliphatic heterocycles. The van der Waals surface area contributed by atoms with Crippen LogP contribution in [-0.4, -0.2) is 42.0 Å². The summed E-state index contributed by atoms with van der Waals surface area (Å²) >= 11 is 0. The number of nitrogens with one attached hydrogen (secondary N) is 1. The highest BCUT2D eigenvalue weighted by Crippen LogP contribution is 2.21. The average molecular weight is 340 g/mol. The van der Waals surface area contributed by atoms with Crippen LogP contribution in [0.1, 0.15) is 12.0 Å². The zero-order valence-corrected chi connectivity index (χ0v) is 14.2. The second-order valence-corrected chi connectivity index (χ2v) is 6.39. The summed E-state index contributed by atoms with van der Waals surface area (Å²) < 4.78 is 5.37. The fourth-order valence-corrected chi connectivity index (χ4v) is 3.09. The van der Waals surface area contributed by atoms with Crippen LogP contribution in [0, 0.1) is 5.92 Å². The fourth-order valence-electron chi connectivity index (χ4n) is 3.09. The summed E-state index contributed by atoms with van der Waals surface area (Å²) in [5.74, 6) is 1.77. The van der Waals surface area contributed by atoms with Crippen molar-refractivity contribution in [3.63, 3.8) is 0 Å². The topological polar surface area (TPSA) is 80.5 Å². The van der Waals surface area contributed by atoms with E-state index in [0.717, 1.165) is 32.0 Å². The Hall–Kier alpha value is -2.60. The van der Waals surface area contributed by atoms with Crippen LogP contribution in [0.4, 0.5) is 5.82 Å². The van der Waals surface area contributed by atoms with Gasteiger partial charge in [-0.3, -0.25) is 9.69 Å². The number of aromatic nitrogens is 1. The number of hydrogen-bond acceptors (Lipinski definition) is 5. The normalized spacial score (nSPS) is 17.4. The second kappa shape index (κ2) is 8.48. The van der Waals surface area contributed by atoms with Crippen LogP contribution in [0.3, 0.4) is 0 Å². The molecule has 1 saturated heterocycles. The lowest BCUT2D eigenvalue weighted by atomic mass is 10.1. The molecule has 1 atom stereocenters. The molecule has 3 N–H and O–H groups in total. The molecule has 1 unspecified atom stereocenters. The van der Waals surface area contributed by atoms with Gasteiger partial charge in [0, 0.05) is 25.8 Å². The van der Waals surface area contributed by atoms with E-state index in [1.165, 1.54) is 12.0 Å². The Bertz CT molecular complexity index is 693. The molecule has 2 heterocycles. The molecule has 1 aromatic carbocycles. The first-order chi connectivity index (χ1) is 12.2. The number of hydrogen-bond donors (Lipinski definition) is 2. The summed E-state index contributed by atoms with van der Waals surface area (Å²) in [6.45, 7) is 3.88. The van der Waals surface area contributed by atoms with Crippen LogP contribution in [-0.2, 0) is 11.3 Å². The van der Waals surface area contributed by atoms with Crippen LogP contribution in [0.25, 0.3) is 0 Å². The van der Waals surface area contributed by atoms with Crippen molar-refractivity contribution in [2.24, 2.45) is 11.7 Å². The van der Waals surface area contributed by atoms with Crippen LogP contribution < -0.4 is 15.8 Å². The molecule has 1 amide bonds. The Morgan fingerprint density at radius 2 is 2.24 bits per heavy atom. The molecule has 25 heavy (non-hydrogen) atoms. The lowest BCUT2D eigenvalue weighted by Crippen LogP contribution is -2.23. The molecular formula is C19H24N4O2. The average Bonchev–Trinajstić information content (AvgIpc) is 3.07. The van der Waals surface area contributed by atoms with Gasteiger partial charge in [-0.1, -0.05) is 18.2 Å². The van der Waals surface area contributed by atoms with Crippen molar-refractivity contribution in [1.82, 2.24) is 9.88 Å². The van der Waals surface area contributed by atoms with Crippen molar-refractivity contribution < 1.29 is 9.53 Å². The molecule has 1 fully saturated rings. The molecule has 0 radical (unpaired) electrons. The van der Waals surface area contributed by atoms with Gasteiger partial charge in [0.1, 0.15) is 11.6 Å². The summed E-state index contributed by atoms with van der Waals surface area (Å²) in [5, 5.41) is 3.41. The molecule has 0 bridgehead atoms. The maximum atomic E-state index is 10.8. The van der Waals surface area contributed by atoms with Crippen LogP contribution in [0.2, 0.25) is 0 Å². The predicted molar refractivity (Wildman–Crippen MR) is 97.2 cm³/mol. The molecular weight excluding hydrogens is 316 g/mol. The summed E-state index contributed by atoms with van der Waals surface area (Å²) in [5.41, 5.74) is 6.29. The molecule has 6 heteroatoms. The predicted octanol–water partition coefficient (Wildman–Crippen LogP) is 1.88. The Morgan fingerprint density at radius 3 is 3.04 bits per heavy atom. The Kier molecular flexibility index (Phi) is 5.85. The van der Waals surface area contributed by atoms with Gasteiger partial charge in [-0.15, -0.1) is 0 Å². The van der Waals surface area contributed by atoms with Gasteiger partial charge < -0.3 is 15.8 Å².